The van der Waals surface area contributed by atoms with Crippen molar-refractivity contribution < 1.29 is 29.3 Å². The zero-order valence-corrected chi connectivity index (χ0v) is 16.5. The van der Waals surface area contributed by atoms with Gasteiger partial charge in [-0.25, -0.2) is 9.59 Å². The number of carboxylic acid groups (broad SMARTS) is 2. The fraction of sp³-hybridized carbons (Fsp3) is 0.417. The average molecular weight is 408 g/mol. The van der Waals surface area contributed by atoms with Crippen LogP contribution < -0.4 is 9.47 Å². The van der Waals surface area contributed by atoms with E-state index in [1.165, 1.54) is 6.42 Å². The first-order valence-corrected chi connectivity index (χ1v) is 10.4. The van der Waals surface area contributed by atoms with Gasteiger partial charge in [0.1, 0.15) is 22.7 Å². The highest BCUT2D eigenvalue weighted by Crippen LogP contribution is 2.60. The van der Waals surface area contributed by atoms with Crippen LogP contribution in [0.5, 0.6) is 11.5 Å². The predicted octanol–water partition coefficient (Wildman–Crippen LogP) is 4.63. The fourth-order valence-electron chi connectivity index (χ4n) is 6.22. The van der Waals surface area contributed by atoms with Crippen LogP contribution in [0.3, 0.4) is 0 Å². The highest BCUT2D eigenvalue weighted by Gasteiger charge is 2.60. The third kappa shape index (κ3) is 3.40. The molecular weight excluding hydrogens is 384 g/mol. The molecule has 6 nitrogen and oxygen atoms in total. The van der Waals surface area contributed by atoms with E-state index in [0.29, 0.717) is 23.3 Å². The Hall–Kier alpha value is -3.02. The van der Waals surface area contributed by atoms with Gasteiger partial charge in [-0.05, 0) is 80.3 Å². The lowest BCUT2D eigenvalue weighted by molar-refractivity contribution is -0.177. The lowest BCUT2D eigenvalue weighted by Gasteiger charge is -2.60. The molecule has 0 atom stereocenters. The highest BCUT2D eigenvalue weighted by molar-refractivity contribution is 5.88. The summed E-state index contributed by atoms with van der Waals surface area (Å²) in [6.45, 7) is 0. The van der Waals surface area contributed by atoms with Crippen molar-refractivity contribution in [3.8, 4) is 11.5 Å². The second-order valence-electron chi connectivity index (χ2n) is 9.20. The molecule has 156 valence electrons. The van der Waals surface area contributed by atoms with Crippen LogP contribution in [0.15, 0.2) is 48.5 Å². The minimum atomic E-state index is -0.968. The summed E-state index contributed by atoms with van der Waals surface area (Å²) < 4.78 is 13.0. The summed E-state index contributed by atoms with van der Waals surface area (Å²) in [6.07, 6.45) is 5.67. The minimum absolute atomic E-state index is 0.216. The van der Waals surface area contributed by atoms with Gasteiger partial charge in [0.25, 0.3) is 0 Å². The Morgan fingerprint density at radius 3 is 1.60 bits per heavy atom. The van der Waals surface area contributed by atoms with Crippen LogP contribution in [0.25, 0.3) is 0 Å². The molecule has 6 rings (SSSR count). The van der Waals surface area contributed by atoms with E-state index in [9.17, 15) is 19.8 Å². The van der Waals surface area contributed by atoms with Crippen molar-refractivity contribution >= 4 is 11.9 Å². The second kappa shape index (κ2) is 6.76. The van der Waals surface area contributed by atoms with E-state index in [2.05, 4.69) is 0 Å². The first-order valence-electron chi connectivity index (χ1n) is 10.4. The van der Waals surface area contributed by atoms with Crippen LogP contribution >= 0.6 is 0 Å². The van der Waals surface area contributed by atoms with Crippen molar-refractivity contribution in [2.45, 2.75) is 49.7 Å². The number of benzene rings is 2. The summed E-state index contributed by atoms with van der Waals surface area (Å²) in [6, 6.07) is 13.4. The highest BCUT2D eigenvalue weighted by atomic mass is 16.5. The molecule has 0 radical (unpaired) electrons. The van der Waals surface area contributed by atoms with Gasteiger partial charge in [0.15, 0.2) is 0 Å². The van der Waals surface area contributed by atoms with Gasteiger partial charge in [-0.1, -0.05) is 12.1 Å². The van der Waals surface area contributed by atoms with Crippen molar-refractivity contribution in [1.29, 1.82) is 0 Å². The number of ether oxygens (including phenoxy) is 2. The van der Waals surface area contributed by atoms with Gasteiger partial charge in [0.05, 0.1) is 11.1 Å². The fourth-order valence-corrected chi connectivity index (χ4v) is 6.22. The predicted molar refractivity (Wildman–Crippen MR) is 108 cm³/mol. The summed E-state index contributed by atoms with van der Waals surface area (Å²) in [5.41, 5.74) is -0.306. The summed E-state index contributed by atoms with van der Waals surface area (Å²) in [4.78, 5) is 22.7. The van der Waals surface area contributed by atoms with Gasteiger partial charge in [-0.2, -0.15) is 0 Å². The first-order chi connectivity index (χ1) is 14.3. The summed E-state index contributed by atoms with van der Waals surface area (Å²) in [7, 11) is 0. The summed E-state index contributed by atoms with van der Waals surface area (Å²) >= 11 is 0. The Kier molecular flexibility index (Phi) is 4.27. The smallest absolute Gasteiger partial charge is 0.335 e. The van der Waals surface area contributed by atoms with E-state index in [0.717, 1.165) is 32.1 Å². The quantitative estimate of drug-likeness (QED) is 0.724. The molecule has 4 fully saturated rings. The topological polar surface area (TPSA) is 93.1 Å². The van der Waals surface area contributed by atoms with Gasteiger partial charge in [-0.3, -0.25) is 0 Å². The van der Waals surface area contributed by atoms with Gasteiger partial charge < -0.3 is 19.7 Å². The largest absolute Gasteiger partial charge is 0.487 e. The van der Waals surface area contributed by atoms with Gasteiger partial charge in [0, 0.05) is 6.42 Å². The van der Waals surface area contributed by atoms with E-state index in [-0.39, 0.29) is 22.3 Å². The number of carbonyl (C=O) groups is 2. The molecule has 0 saturated heterocycles. The average Bonchev–Trinajstić information content (AvgIpc) is 2.66. The Bertz CT molecular complexity index is 921. The third-order valence-corrected chi connectivity index (χ3v) is 6.78. The summed E-state index contributed by atoms with van der Waals surface area (Å²) in [5, 5.41) is 18.6. The zero-order valence-electron chi connectivity index (χ0n) is 16.5. The number of hydrogen-bond acceptors (Lipinski definition) is 4. The normalized spacial score (nSPS) is 31.3. The number of aromatic carboxylic acids is 2. The molecule has 2 N–H and O–H groups in total. The molecule has 0 heterocycles. The van der Waals surface area contributed by atoms with Crippen LogP contribution in [0.4, 0.5) is 0 Å². The van der Waals surface area contributed by atoms with E-state index in [1.54, 1.807) is 36.4 Å². The molecule has 0 aromatic heterocycles. The van der Waals surface area contributed by atoms with E-state index in [4.69, 9.17) is 9.47 Å². The molecule has 4 aliphatic carbocycles. The minimum Gasteiger partial charge on any atom is -0.487 e. The number of rotatable bonds is 6. The SMILES string of the molecule is O=C(O)c1cccc(OC23CC4CC(C2)CC(Oc2cccc(C(=O)O)c2)(C4)C3)c1. The maximum Gasteiger partial charge on any atom is 0.335 e. The number of carboxylic acids is 2. The van der Waals surface area contributed by atoms with Crippen LogP contribution in [0.1, 0.15) is 59.2 Å². The molecule has 6 heteroatoms. The lowest BCUT2D eigenvalue weighted by Crippen LogP contribution is -2.63. The van der Waals surface area contributed by atoms with Crippen molar-refractivity contribution in [3.05, 3.63) is 59.7 Å². The monoisotopic (exact) mass is 408 g/mol. The number of hydrogen-bond donors (Lipinski definition) is 2. The third-order valence-electron chi connectivity index (χ3n) is 6.78. The molecule has 0 spiro atoms. The molecule has 4 bridgehead atoms. The van der Waals surface area contributed by atoms with Gasteiger partial charge >= 0.3 is 11.9 Å². The Morgan fingerprint density at radius 1 is 0.767 bits per heavy atom. The van der Waals surface area contributed by atoms with Crippen LogP contribution in [-0.4, -0.2) is 33.4 Å². The van der Waals surface area contributed by atoms with Crippen LogP contribution in [0, 0.1) is 11.8 Å². The molecule has 0 aliphatic heterocycles. The van der Waals surface area contributed by atoms with Crippen LogP contribution in [-0.2, 0) is 0 Å². The second-order valence-corrected chi connectivity index (χ2v) is 9.20. The lowest BCUT2D eigenvalue weighted by atomic mass is 9.52. The van der Waals surface area contributed by atoms with E-state index in [1.807, 2.05) is 12.1 Å². The van der Waals surface area contributed by atoms with Crippen molar-refractivity contribution in [2.24, 2.45) is 11.8 Å². The standard InChI is InChI=1S/C24H24O6/c25-21(26)17-3-1-5-19(8-17)29-23-10-15-7-16(11-23)13-24(12-15,14-23)30-20-6-2-4-18(9-20)22(27)28/h1-6,8-9,15-16H,7,10-14H2,(H,25,26)(H,27,28). The molecule has 30 heavy (non-hydrogen) atoms. The van der Waals surface area contributed by atoms with Gasteiger partial charge in [0.2, 0.25) is 0 Å². The molecule has 2 aromatic carbocycles. The molecule has 0 unspecified atom stereocenters. The van der Waals surface area contributed by atoms with E-state index < -0.39 is 11.9 Å². The Labute approximate surface area is 174 Å². The van der Waals surface area contributed by atoms with Crippen molar-refractivity contribution in [1.82, 2.24) is 0 Å². The van der Waals surface area contributed by atoms with E-state index >= 15 is 0 Å². The molecule has 2 aromatic rings. The molecule has 4 aliphatic rings. The molecular formula is C24H24O6. The summed E-state index contributed by atoms with van der Waals surface area (Å²) in [5.74, 6) is 0.223. The van der Waals surface area contributed by atoms with Crippen molar-refractivity contribution in [3.63, 3.8) is 0 Å². The molecule has 4 saturated carbocycles. The van der Waals surface area contributed by atoms with Crippen LogP contribution in [0.2, 0.25) is 0 Å². The maximum atomic E-state index is 11.3. The Balaban J connectivity index is 1.42. The molecule has 0 amide bonds. The van der Waals surface area contributed by atoms with Gasteiger partial charge in [-0.15, -0.1) is 0 Å². The first kappa shape index (κ1) is 19.0. The maximum absolute atomic E-state index is 11.3. The zero-order chi connectivity index (χ0) is 20.9. The Morgan fingerprint density at radius 2 is 1.20 bits per heavy atom. The van der Waals surface area contributed by atoms with Crippen molar-refractivity contribution in [2.75, 3.05) is 0 Å².